The van der Waals surface area contributed by atoms with E-state index in [1.165, 1.54) is 5.56 Å². The van der Waals surface area contributed by atoms with Crippen LogP contribution in [0.2, 0.25) is 5.15 Å². The van der Waals surface area contributed by atoms with Gasteiger partial charge in [0.25, 0.3) is 5.15 Å². The molecule has 1 aromatic heterocycles. The molecule has 0 spiro atoms. The summed E-state index contributed by atoms with van der Waals surface area (Å²) < 4.78 is 36.0. The first-order valence-electron chi connectivity index (χ1n) is 5.16. The molecule has 0 saturated carbocycles. The van der Waals surface area contributed by atoms with Gasteiger partial charge >= 0.3 is 0 Å². The summed E-state index contributed by atoms with van der Waals surface area (Å²) in [6.45, 7) is 0.820. The van der Waals surface area contributed by atoms with Crippen molar-refractivity contribution >= 4 is 11.6 Å². The lowest BCUT2D eigenvalue weighted by Gasteiger charge is -2.17. The summed E-state index contributed by atoms with van der Waals surface area (Å²) in [6.07, 6.45) is 1.98. The maximum atomic E-state index is 8.49. The van der Waals surface area contributed by atoms with Gasteiger partial charge in [-0.1, -0.05) is 30.3 Å². The van der Waals surface area contributed by atoms with E-state index in [4.69, 9.17) is 30.2 Å². The fraction of sp³-hybridized carbons (Fsp3) is 0.0833. The molecule has 0 fully saturated rings. The summed E-state index contributed by atoms with van der Waals surface area (Å²) >= 11 is 6.04. The molecule has 0 N–H and O–H groups in total. The molecule has 1 aromatic carbocycles. The molecule has 0 aliphatic rings. The zero-order valence-electron chi connectivity index (χ0n) is 9.74. The number of hydrogen-bond acceptors (Lipinski definition) is 4. The second-order valence-corrected chi connectivity index (χ2v) is 4.66. The normalized spacial score (nSPS) is 10.6. The Bertz CT molecular complexity index is 497. The van der Waals surface area contributed by atoms with Crippen molar-refractivity contribution in [2.45, 2.75) is 6.54 Å². The van der Waals surface area contributed by atoms with Crippen LogP contribution in [0, 0.1) is 10.2 Å². The quantitative estimate of drug-likeness (QED) is 0.470. The first-order chi connectivity index (χ1) is 8.86. The van der Waals surface area contributed by atoms with E-state index in [0.717, 1.165) is 11.7 Å². The van der Waals surface area contributed by atoms with Crippen LogP contribution in [0.15, 0.2) is 54.7 Å². The zero-order valence-corrected chi connectivity index (χ0v) is 11.3. The molecule has 5 nitrogen and oxygen atoms in total. The summed E-state index contributed by atoms with van der Waals surface area (Å²) in [5.41, 5.74) is 1.26. The molecular weight excluding hydrogens is 293 g/mol. The van der Waals surface area contributed by atoms with Crippen molar-refractivity contribution in [1.29, 1.82) is 0 Å². The Morgan fingerprint density at radius 2 is 1.42 bits per heavy atom. The molecular formula is C12H11Cl2NO4. The van der Waals surface area contributed by atoms with Crippen molar-refractivity contribution in [3.63, 3.8) is 0 Å². The molecule has 1 heterocycles. The third-order valence-corrected chi connectivity index (χ3v) is 2.42. The van der Waals surface area contributed by atoms with Gasteiger partial charge in [0.15, 0.2) is 12.7 Å². The number of benzene rings is 1. The minimum atomic E-state index is -4.94. The molecule has 0 bridgehead atoms. The number of pyridine rings is 1. The maximum absolute atomic E-state index is 8.49. The number of aromatic nitrogens is 1. The molecule has 7 heteroatoms. The summed E-state index contributed by atoms with van der Waals surface area (Å²) in [4.78, 5) is 0. The predicted molar refractivity (Wildman–Crippen MR) is 57.2 cm³/mol. The lowest BCUT2D eigenvalue weighted by molar-refractivity contribution is -2.00. The summed E-state index contributed by atoms with van der Waals surface area (Å²) in [7, 11) is -4.94. The van der Waals surface area contributed by atoms with Crippen molar-refractivity contribution in [2.24, 2.45) is 0 Å². The highest BCUT2D eigenvalue weighted by molar-refractivity contribution is 6.28. The van der Waals surface area contributed by atoms with Gasteiger partial charge in [-0.05, 0) is 17.7 Å². The molecule has 19 heavy (non-hydrogen) atoms. The minimum Gasteiger partial charge on any atom is -0.222 e. The average Bonchev–Trinajstić information content (AvgIpc) is 2.31. The van der Waals surface area contributed by atoms with E-state index in [9.17, 15) is 0 Å². The van der Waals surface area contributed by atoms with Crippen LogP contribution < -0.4 is 23.2 Å². The van der Waals surface area contributed by atoms with Gasteiger partial charge in [-0.2, -0.15) is 4.57 Å². The van der Waals surface area contributed by atoms with E-state index in [1.807, 2.05) is 47.2 Å². The summed E-state index contributed by atoms with van der Waals surface area (Å²) in [5, 5.41) is 0.761. The molecule has 0 radical (unpaired) electrons. The van der Waals surface area contributed by atoms with E-state index in [2.05, 4.69) is 12.1 Å². The van der Waals surface area contributed by atoms with Crippen molar-refractivity contribution < 1.29 is 33.4 Å². The number of hydrogen-bond donors (Lipinski definition) is 0. The standard InChI is InChI=1S/C12H11ClN.ClHO4/c13-12-8-4-5-9-14(12)10-11-6-2-1-3-7-11;2-1(3,4)5/h1-9H,10H2;(H,2,3,4,5)/q+1;/p-1. The van der Waals surface area contributed by atoms with Crippen molar-refractivity contribution in [2.75, 3.05) is 0 Å². The van der Waals surface area contributed by atoms with Gasteiger partial charge in [0, 0.05) is 17.7 Å². The average molecular weight is 304 g/mol. The Morgan fingerprint density at radius 1 is 0.895 bits per heavy atom. The monoisotopic (exact) mass is 303 g/mol. The molecule has 2 rings (SSSR count). The van der Waals surface area contributed by atoms with Crippen molar-refractivity contribution in [3.05, 3.63) is 65.4 Å². The molecule has 102 valence electrons. The van der Waals surface area contributed by atoms with Crippen LogP contribution in [-0.4, -0.2) is 0 Å². The molecule has 0 saturated heterocycles. The van der Waals surface area contributed by atoms with Crippen LogP contribution in [0.4, 0.5) is 0 Å². The largest absolute Gasteiger partial charge is 0.275 e. The molecule has 0 aliphatic carbocycles. The minimum absolute atomic E-state index is 0.761. The predicted octanol–water partition coefficient (Wildman–Crippen LogP) is -2.08. The number of halogens is 2. The van der Waals surface area contributed by atoms with Gasteiger partial charge in [-0.3, -0.25) is 0 Å². The fourth-order valence-electron chi connectivity index (χ4n) is 1.36. The van der Waals surface area contributed by atoms with Gasteiger partial charge in [0.05, 0.1) is 0 Å². The Hall–Kier alpha value is -1.21. The molecule has 0 unspecified atom stereocenters. The van der Waals surface area contributed by atoms with Gasteiger partial charge in [-0.25, -0.2) is 18.6 Å². The Morgan fingerprint density at radius 3 is 1.95 bits per heavy atom. The zero-order chi connectivity index (χ0) is 14.3. The van der Waals surface area contributed by atoms with Crippen LogP contribution in [-0.2, 0) is 6.54 Å². The van der Waals surface area contributed by atoms with Gasteiger partial charge in [-0.15, -0.1) is 10.2 Å². The van der Waals surface area contributed by atoms with E-state index >= 15 is 0 Å². The third kappa shape index (κ3) is 7.74. The van der Waals surface area contributed by atoms with Crippen LogP contribution in [0.5, 0.6) is 0 Å². The summed E-state index contributed by atoms with van der Waals surface area (Å²) in [6, 6.07) is 16.1. The van der Waals surface area contributed by atoms with Crippen LogP contribution >= 0.6 is 11.6 Å². The molecule has 0 amide bonds. The first-order valence-corrected chi connectivity index (χ1v) is 6.77. The topological polar surface area (TPSA) is 96.1 Å². The van der Waals surface area contributed by atoms with Gasteiger partial charge in [0.1, 0.15) is 0 Å². The first kappa shape index (κ1) is 15.8. The summed E-state index contributed by atoms with van der Waals surface area (Å²) in [5.74, 6) is 0. The highest BCUT2D eigenvalue weighted by Crippen LogP contribution is 2.02. The second kappa shape index (κ2) is 7.40. The Labute approximate surface area is 117 Å². The second-order valence-electron chi connectivity index (χ2n) is 3.51. The highest BCUT2D eigenvalue weighted by atomic mass is 35.7. The van der Waals surface area contributed by atoms with Gasteiger partial charge < -0.3 is 0 Å². The van der Waals surface area contributed by atoms with Crippen LogP contribution in [0.25, 0.3) is 0 Å². The molecule has 2 aromatic rings. The maximum Gasteiger partial charge on any atom is 0.275 e. The smallest absolute Gasteiger partial charge is 0.222 e. The van der Waals surface area contributed by atoms with E-state index in [1.54, 1.807) is 0 Å². The Balaban J connectivity index is 0.000000312. The fourth-order valence-corrected chi connectivity index (χ4v) is 1.55. The van der Waals surface area contributed by atoms with E-state index in [0.29, 0.717) is 0 Å². The Kier molecular flexibility index (Phi) is 6.17. The van der Waals surface area contributed by atoms with Crippen molar-refractivity contribution in [1.82, 2.24) is 0 Å². The lowest BCUT2D eigenvalue weighted by atomic mass is 10.2. The molecule has 0 aliphatic heterocycles. The third-order valence-electron chi connectivity index (χ3n) is 2.08. The van der Waals surface area contributed by atoms with Gasteiger partial charge in [0.2, 0.25) is 0 Å². The molecule has 0 atom stereocenters. The highest BCUT2D eigenvalue weighted by Gasteiger charge is 2.06. The van der Waals surface area contributed by atoms with Crippen LogP contribution in [0.1, 0.15) is 5.56 Å². The number of rotatable bonds is 2. The lowest BCUT2D eigenvalue weighted by Crippen LogP contribution is -2.68. The van der Waals surface area contributed by atoms with E-state index < -0.39 is 10.2 Å². The van der Waals surface area contributed by atoms with Crippen molar-refractivity contribution in [3.8, 4) is 0 Å². The van der Waals surface area contributed by atoms with Crippen LogP contribution in [0.3, 0.4) is 0 Å². The number of nitrogens with zero attached hydrogens (tertiary/aromatic N) is 1. The van der Waals surface area contributed by atoms with E-state index in [-0.39, 0.29) is 0 Å². The SMILES string of the molecule is Clc1cccc[n+]1Cc1ccccc1.[O-][Cl+3]([O-])([O-])[O-].